The zero-order valence-corrected chi connectivity index (χ0v) is 11.9. The van der Waals surface area contributed by atoms with Gasteiger partial charge in [0.2, 0.25) is 10.0 Å². The molecule has 0 fully saturated rings. The summed E-state index contributed by atoms with van der Waals surface area (Å²) in [4.78, 5) is 1.02. The zero-order chi connectivity index (χ0) is 13.7. The Labute approximate surface area is 114 Å². The monoisotopic (exact) mass is 302 g/mol. The number of hydrogen-bond donors (Lipinski definition) is 3. The van der Waals surface area contributed by atoms with Gasteiger partial charge in [-0.1, -0.05) is 5.21 Å². The lowest BCUT2D eigenvalue weighted by Crippen LogP contribution is -2.23. The molecule has 2 heterocycles. The number of hydrogen-bond acceptors (Lipinski definition) is 7. The summed E-state index contributed by atoms with van der Waals surface area (Å²) in [7, 11) is -1.66. The van der Waals surface area contributed by atoms with E-state index in [4.69, 9.17) is 0 Å². The van der Waals surface area contributed by atoms with E-state index in [2.05, 4.69) is 30.7 Å². The molecule has 2 rings (SSSR count). The van der Waals surface area contributed by atoms with Crippen molar-refractivity contribution in [2.24, 2.45) is 0 Å². The summed E-state index contributed by atoms with van der Waals surface area (Å²) in [6.07, 6.45) is 0.807. The lowest BCUT2D eigenvalue weighted by Gasteiger charge is -2.01. The fourth-order valence-electron chi connectivity index (χ4n) is 1.37. The number of tetrazole rings is 1. The number of nitrogens with zero attached hydrogens (tertiary/aromatic N) is 3. The molecule has 0 saturated carbocycles. The van der Waals surface area contributed by atoms with Gasteiger partial charge in [-0.25, -0.2) is 13.1 Å². The number of sulfonamides is 1. The van der Waals surface area contributed by atoms with E-state index in [1.165, 1.54) is 11.3 Å². The standard InChI is InChI=1S/C9H14N6O2S2/c1-10-5-4-7-2-3-9(18-7)19(16,17)11-6-8-12-14-15-13-8/h2-3,10-11H,4-6H2,1H3,(H,12,13,14,15). The summed E-state index contributed by atoms with van der Waals surface area (Å²) < 4.78 is 26.7. The third-order valence-electron chi connectivity index (χ3n) is 2.33. The van der Waals surface area contributed by atoms with E-state index in [0.717, 1.165) is 17.8 Å². The van der Waals surface area contributed by atoms with Gasteiger partial charge in [0, 0.05) is 4.88 Å². The average Bonchev–Trinajstić information content (AvgIpc) is 3.05. The Bertz CT molecular complexity index is 606. The van der Waals surface area contributed by atoms with E-state index in [-0.39, 0.29) is 6.54 Å². The minimum Gasteiger partial charge on any atom is -0.319 e. The van der Waals surface area contributed by atoms with E-state index in [9.17, 15) is 8.42 Å². The first-order chi connectivity index (χ1) is 9.12. The molecule has 10 heteroatoms. The largest absolute Gasteiger partial charge is 0.319 e. The molecule has 0 bridgehead atoms. The Morgan fingerprint density at radius 3 is 2.95 bits per heavy atom. The molecule has 0 saturated heterocycles. The maximum absolute atomic E-state index is 12.0. The highest BCUT2D eigenvalue weighted by Crippen LogP contribution is 2.21. The Kier molecular flexibility index (Phi) is 4.58. The lowest BCUT2D eigenvalue weighted by molar-refractivity contribution is 0.581. The third kappa shape index (κ3) is 3.80. The Morgan fingerprint density at radius 2 is 2.26 bits per heavy atom. The van der Waals surface area contributed by atoms with Crippen LogP contribution in [0, 0.1) is 0 Å². The SMILES string of the molecule is CNCCc1ccc(S(=O)(=O)NCc2nn[nH]n2)s1. The van der Waals surface area contributed by atoms with Crippen molar-refractivity contribution in [3.8, 4) is 0 Å². The van der Waals surface area contributed by atoms with Crippen molar-refractivity contribution < 1.29 is 8.42 Å². The van der Waals surface area contributed by atoms with E-state index in [1.807, 2.05) is 13.1 Å². The summed E-state index contributed by atoms with van der Waals surface area (Å²) in [5.41, 5.74) is 0. The molecule has 0 radical (unpaired) electrons. The molecule has 8 nitrogen and oxygen atoms in total. The smallest absolute Gasteiger partial charge is 0.250 e. The van der Waals surface area contributed by atoms with Gasteiger partial charge in [-0.05, 0) is 32.1 Å². The second-order valence-corrected chi connectivity index (χ2v) is 6.89. The first kappa shape index (κ1) is 14.1. The van der Waals surface area contributed by atoms with Crippen LogP contribution in [0.25, 0.3) is 0 Å². The molecule has 2 aromatic heterocycles. The Morgan fingerprint density at radius 1 is 1.42 bits per heavy atom. The van der Waals surface area contributed by atoms with Gasteiger partial charge in [0.1, 0.15) is 4.21 Å². The Balaban J connectivity index is 2.00. The van der Waals surface area contributed by atoms with Crippen LogP contribution in [0.1, 0.15) is 10.7 Å². The zero-order valence-electron chi connectivity index (χ0n) is 10.3. The first-order valence-corrected chi connectivity index (χ1v) is 7.87. The molecule has 0 aliphatic carbocycles. The molecule has 19 heavy (non-hydrogen) atoms. The van der Waals surface area contributed by atoms with Crippen LogP contribution in [-0.4, -0.2) is 42.6 Å². The maximum Gasteiger partial charge on any atom is 0.250 e. The van der Waals surface area contributed by atoms with Gasteiger partial charge < -0.3 is 5.32 Å². The molecule has 104 valence electrons. The number of nitrogens with one attached hydrogen (secondary N) is 3. The molecule has 3 N–H and O–H groups in total. The predicted octanol–water partition coefficient (Wildman–Crippen LogP) is -0.498. The van der Waals surface area contributed by atoms with E-state index in [1.54, 1.807) is 6.07 Å². The summed E-state index contributed by atoms with van der Waals surface area (Å²) in [5.74, 6) is 0.301. The number of rotatable bonds is 7. The number of H-pyrrole nitrogens is 1. The number of thiophene rings is 1. The second-order valence-electron chi connectivity index (χ2n) is 3.73. The van der Waals surface area contributed by atoms with Crippen LogP contribution in [0.3, 0.4) is 0 Å². The van der Waals surface area contributed by atoms with Crippen molar-refractivity contribution in [1.29, 1.82) is 0 Å². The minimum atomic E-state index is -3.51. The van der Waals surface area contributed by atoms with Gasteiger partial charge in [0.15, 0.2) is 5.82 Å². The van der Waals surface area contributed by atoms with Crippen LogP contribution in [-0.2, 0) is 23.0 Å². The van der Waals surface area contributed by atoms with Crippen molar-refractivity contribution in [3.05, 3.63) is 22.8 Å². The van der Waals surface area contributed by atoms with Gasteiger partial charge >= 0.3 is 0 Å². The van der Waals surface area contributed by atoms with Crippen molar-refractivity contribution in [3.63, 3.8) is 0 Å². The highest BCUT2D eigenvalue weighted by Gasteiger charge is 2.17. The molecule has 0 spiro atoms. The number of likely N-dealkylation sites (N-methyl/N-ethyl adjacent to an activating group) is 1. The van der Waals surface area contributed by atoms with Gasteiger partial charge in [-0.2, -0.15) is 5.21 Å². The van der Waals surface area contributed by atoms with Gasteiger partial charge in [0.25, 0.3) is 0 Å². The third-order valence-corrected chi connectivity index (χ3v) is 5.37. The fraction of sp³-hybridized carbons (Fsp3) is 0.444. The molecule has 0 amide bonds. The number of aromatic nitrogens is 4. The van der Waals surface area contributed by atoms with Crippen molar-refractivity contribution in [2.45, 2.75) is 17.2 Å². The number of aromatic amines is 1. The van der Waals surface area contributed by atoms with Gasteiger partial charge in [-0.3, -0.25) is 0 Å². The quantitative estimate of drug-likeness (QED) is 0.635. The molecule has 0 atom stereocenters. The molecular formula is C9H14N6O2S2. The van der Waals surface area contributed by atoms with Crippen LogP contribution >= 0.6 is 11.3 Å². The highest BCUT2D eigenvalue weighted by atomic mass is 32.2. The first-order valence-electron chi connectivity index (χ1n) is 5.57. The van der Waals surface area contributed by atoms with Crippen molar-refractivity contribution >= 4 is 21.4 Å². The second kappa shape index (κ2) is 6.19. The van der Waals surface area contributed by atoms with Crippen LogP contribution in [0.4, 0.5) is 0 Å². The van der Waals surface area contributed by atoms with Gasteiger partial charge in [-0.15, -0.1) is 21.5 Å². The topological polar surface area (TPSA) is 113 Å². The van der Waals surface area contributed by atoms with Crippen LogP contribution in [0.15, 0.2) is 16.3 Å². The summed E-state index contributed by atoms with van der Waals surface area (Å²) in [6, 6.07) is 3.43. The molecule has 0 unspecified atom stereocenters. The van der Waals surface area contributed by atoms with Crippen molar-refractivity contribution in [1.82, 2.24) is 30.7 Å². The normalized spacial score (nSPS) is 11.8. The van der Waals surface area contributed by atoms with E-state index >= 15 is 0 Å². The maximum atomic E-state index is 12.0. The molecule has 0 aliphatic rings. The van der Waals surface area contributed by atoms with E-state index < -0.39 is 10.0 Å². The summed E-state index contributed by atoms with van der Waals surface area (Å²) in [6.45, 7) is 0.832. The summed E-state index contributed by atoms with van der Waals surface area (Å²) >= 11 is 1.26. The minimum absolute atomic E-state index is 0.0165. The molecule has 0 aliphatic heterocycles. The van der Waals surface area contributed by atoms with Crippen LogP contribution in [0.5, 0.6) is 0 Å². The highest BCUT2D eigenvalue weighted by molar-refractivity contribution is 7.91. The molecule has 0 aromatic carbocycles. The van der Waals surface area contributed by atoms with E-state index in [0.29, 0.717) is 10.0 Å². The Hall–Kier alpha value is -1.36. The average molecular weight is 302 g/mol. The van der Waals surface area contributed by atoms with Crippen LogP contribution in [0.2, 0.25) is 0 Å². The molecule has 2 aromatic rings. The summed E-state index contributed by atoms with van der Waals surface area (Å²) in [5, 5.41) is 16.0. The van der Waals surface area contributed by atoms with Crippen LogP contribution < -0.4 is 10.0 Å². The van der Waals surface area contributed by atoms with Gasteiger partial charge in [0.05, 0.1) is 6.54 Å². The van der Waals surface area contributed by atoms with Crippen molar-refractivity contribution in [2.75, 3.05) is 13.6 Å². The lowest BCUT2D eigenvalue weighted by atomic mass is 10.3. The predicted molar refractivity (Wildman–Crippen MR) is 70.2 cm³/mol. The molecular weight excluding hydrogens is 288 g/mol. The fourth-order valence-corrected chi connectivity index (χ4v) is 3.75.